The van der Waals surface area contributed by atoms with Gasteiger partial charge < -0.3 is 14.2 Å². The maximum atomic E-state index is 12.2. The van der Waals surface area contributed by atoms with Crippen LogP contribution in [0, 0.1) is 6.92 Å². The summed E-state index contributed by atoms with van der Waals surface area (Å²) in [7, 11) is 0. The molecule has 0 spiro atoms. The maximum Gasteiger partial charge on any atom is 0.220 e. The fourth-order valence-corrected chi connectivity index (χ4v) is 4.64. The quantitative estimate of drug-likeness (QED) is 0.467. The first-order valence-electron chi connectivity index (χ1n) is 11.4. The van der Waals surface area contributed by atoms with Crippen LogP contribution in [0.15, 0.2) is 42.5 Å². The molecule has 2 heterocycles. The number of ether oxygens (including phenoxy) is 1. The summed E-state index contributed by atoms with van der Waals surface area (Å²) in [6.07, 6.45) is 2.88. The van der Waals surface area contributed by atoms with Gasteiger partial charge in [-0.25, -0.2) is 4.98 Å². The highest BCUT2D eigenvalue weighted by atomic mass is 16.5. The van der Waals surface area contributed by atoms with Crippen LogP contribution in [-0.4, -0.2) is 33.5 Å². The molecule has 4 rings (SSSR count). The number of fused-ring (bicyclic) bond motifs is 1. The molecule has 0 N–H and O–H groups in total. The van der Waals surface area contributed by atoms with Gasteiger partial charge in [0.2, 0.25) is 5.91 Å². The Morgan fingerprint density at radius 3 is 2.81 bits per heavy atom. The fraction of sp³-hybridized carbons (Fsp3) is 0.462. The molecule has 1 aliphatic heterocycles. The molecule has 0 unspecified atom stereocenters. The van der Waals surface area contributed by atoms with Gasteiger partial charge in [0, 0.05) is 20.0 Å². The molecule has 1 aliphatic rings. The molecular formula is C26H33N3O2. The van der Waals surface area contributed by atoms with E-state index in [1.807, 2.05) is 11.0 Å². The van der Waals surface area contributed by atoms with Gasteiger partial charge >= 0.3 is 0 Å². The molecule has 164 valence electrons. The van der Waals surface area contributed by atoms with E-state index < -0.39 is 0 Å². The molecule has 0 radical (unpaired) electrons. The van der Waals surface area contributed by atoms with Gasteiger partial charge in [-0.15, -0.1) is 0 Å². The molecule has 2 aromatic carbocycles. The van der Waals surface area contributed by atoms with Crippen molar-refractivity contribution in [2.75, 3.05) is 13.2 Å². The van der Waals surface area contributed by atoms with Crippen LogP contribution in [0.3, 0.4) is 0 Å². The van der Waals surface area contributed by atoms with Crippen molar-refractivity contribution in [1.82, 2.24) is 14.5 Å². The van der Waals surface area contributed by atoms with Gasteiger partial charge in [-0.1, -0.05) is 38.1 Å². The number of likely N-dealkylation sites (tertiary alicyclic amines) is 1. The van der Waals surface area contributed by atoms with E-state index in [1.54, 1.807) is 6.92 Å². The van der Waals surface area contributed by atoms with E-state index in [0.717, 1.165) is 55.0 Å². The lowest BCUT2D eigenvalue weighted by Gasteiger charge is -2.24. The normalized spacial score (nSPS) is 16.4. The first kappa shape index (κ1) is 21.4. The van der Waals surface area contributed by atoms with Crippen molar-refractivity contribution in [3.05, 3.63) is 59.4 Å². The third-order valence-corrected chi connectivity index (χ3v) is 6.21. The molecule has 3 aromatic rings. The largest absolute Gasteiger partial charge is 0.493 e. The van der Waals surface area contributed by atoms with E-state index in [0.29, 0.717) is 12.5 Å². The second kappa shape index (κ2) is 9.13. The number of imidazole rings is 1. The molecule has 1 atom stereocenters. The average molecular weight is 420 g/mol. The molecule has 1 fully saturated rings. The van der Waals surface area contributed by atoms with E-state index in [9.17, 15) is 4.79 Å². The third kappa shape index (κ3) is 4.46. The van der Waals surface area contributed by atoms with Crippen molar-refractivity contribution in [1.29, 1.82) is 0 Å². The van der Waals surface area contributed by atoms with Crippen LogP contribution in [0.1, 0.15) is 68.9 Å². The van der Waals surface area contributed by atoms with Gasteiger partial charge in [0.15, 0.2) is 0 Å². The van der Waals surface area contributed by atoms with E-state index in [1.165, 1.54) is 11.1 Å². The number of nitrogens with zero attached hydrogens (tertiary/aromatic N) is 3. The second-order valence-corrected chi connectivity index (χ2v) is 8.88. The zero-order valence-electron chi connectivity index (χ0n) is 19.1. The third-order valence-electron chi connectivity index (χ3n) is 6.21. The number of amides is 1. The van der Waals surface area contributed by atoms with Crippen LogP contribution in [0.4, 0.5) is 0 Å². The monoisotopic (exact) mass is 419 g/mol. The van der Waals surface area contributed by atoms with E-state index in [-0.39, 0.29) is 11.9 Å². The van der Waals surface area contributed by atoms with Gasteiger partial charge in [0.05, 0.1) is 23.7 Å². The Kier molecular flexibility index (Phi) is 6.30. The zero-order chi connectivity index (χ0) is 22.0. The SMILES string of the molecule is CC(=O)N1CCC[C@H]1c1nc2ccccc2n1CCCOc1cc(C)ccc1C(C)C. The van der Waals surface area contributed by atoms with Crippen LogP contribution in [0.2, 0.25) is 0 Å². The molecular weight excluding hydrogens is 386 g/mol. The second-order valence-electron chi connectivity index (χ2n) is 8.88. The summed E-state index contributed by atoms with van der Waals surface area (Å²) in [5.74, 6) is 2.56. The fourth-order valence-electron chi connectivity index (χ4n) is 4.64. The highest BCUT2D eigenvalue weighted by molar-refractivity contribution is 5.77. The summed E-state index contributed by atoms with van der Waals surface area (Å²) in [6.45, 7) is 10.4. The Morgan fingerprint density at radius 2 is 2.03 bits per heavy atom. The van der Waals surface area contributed by atoms with Crippen molar-refractivity contribution in [3.8, 4) is 5.75 Å². The minimum atomic E-state index is 0.0649. The number of carbonyl (C=O) groups is 1. The van der Waals surface area contributed by atoms with Crippen molar-refractivity contribution < 1.29 is 9.53 Å². The predicted octanol–water partition coefficient (Wildman–Crippen LogP) is 5.62. The number of hydrogen-bond donors (Lipinski definition) is 0. The maximum absolute atomic E-state index is 12.2. The molecule has 31 heavy (non-hydrogen) atoms. The molecule has 1 amide bonds. The van der Waals surface area contributed by atoms with Gasteiger partial charge in [-0.2, -0.15) is 0 Å². The van der Waals surface area contributed by atoms with Crippen LogP contribution >= 0.6 is 0 Å². The lowest BCUT2D eigenvalue weighted by molar-refractivity contribution is -0.129. The number of aryl methyl sites for hydroxylation is 2. The summed E-state index contributed by atoms with van der Waals surface area (Å²) in [5.41, 5.74) is 4.59. The standard InChI is InChI=1S/C26H33N3O2/c1-18(2)21-13-12-19(3)17-25(21)31-16-8-15-29-23-10-6-5-9-22(23)27-26(29)24-11-7-14-28(24)20(4)30/h5-6,9-10,12-13,17-18,24H,7-8,11,14-16H2,1-4H3/t24-/m0/s1. The molecule has 0 aliphatic carbocycles. The Labute approximate surface area is 185 Å². The summed E-state index contributed by atoms with van der Waals surface area (Å²) < 4.78 is 8.51. The van der Waals surface area contributed by atoms with Crippen LogP contribution in [0.5, 0.6) is 5.75 Å². The van der Waals surface area contributed by atoms with E-state index >= 15 is 0 Å². The van der Waals surface area contributed by atoms with Gasteiger partial charge in [-0.3, -0.25) is 4.79 Å². The number of rotatable bonds is 7. The van der Waals surface area contributed by atoms with Gasteiger partial charge in [0.1, 0.15) is 11.6 Å². The Balaban J connectivity index is 1.53. The Hall–Kier alpha value is -2.82. The van der Waals surface area contributed by atoms with Crippen molar-refractivity contribution >= 4 is 16.9 Å². The molecule has 5 heteroatoms. The highest BCUT2D eigenvalue weighted by Crippen LogP contribution is 2.34. The number of para-hydroxylation sites is 2. The predicted molar refractivity (Wildman–Crippen MR) is 124 cm³/mol. The minimum absolute atomic E-state index is 0.0649. The number of carbonyl (C=O) groups excluding carboxylic acids is 1. The number of aromatic nitrogens is 2. The topological polar surface area (TPSA) is 47.4 Å². The summed E-state index contributed by atoms with van der Waals surface area (Å²) in [5, 5.41) is 0. The zero-order valence-corrected chi connectivity index (χ0v) is 19.1. The van der Waals surface area contributed by atoms with Crippen LogP contribution < -0.4 is 4.74 Å². The van der Waals surface area contributed by atoms with Crippen molar-refractivity contribution in [2.24, 2.45) is 0 Å². The molecule has 0 bridgehead atoms. The Bertz CT molecular complexity index is 1070. The van der Waals surface area contributed by atoms with Gasteiger partial charge in [-0.05, 0) is 61.4 Å². The number of benzene rings is 2. The highest BCUT2D eigenvalue weighted by Gasteiger charge is 2.32. The van der Waals surface area contributed by atoms with Crippen LogP contribution in [-0.2, 0) is 11.3 Å². The summed E-state index contributed by atoms with van der Waals surface area (Å²) in [6, 6.07) is 14.8. The van der Waals surface area contributed by atoms with Gasteiger partial charge in [0.25, 0.3) is 0 Å². The van der Waals surface area contributed by atoms with E-state index in [2.05, 4.69) is 61.7 Å². The number of hydrogen-bond acceptors (Lipinski definition) is 3. The van der Waals surface area contributed by atoms with Crippen LogP contribution in [0.25, 0.3) is 11.0 Å². The average Bonchev–Trinajstić information content (AvgIpc) is 3.36. The van der Waals surface area contributed by atoms with E-state index in [4.69, 9.17) is 9.72 Å². The lowest BCUT2D eigenvalue weighted by atomic mass is 10.0. The minimum Gasteiger partial charge on any atom is -0.493 e. The molecule has 1 aromatic heterocycles. The lowest BCUT2D eigenvalue weighted by Crippen LogP contribution is -2.30. The Morgan fingerprint density at radius 1 is 1.23 bits per heavy atom. The summed E-state index contributed by atoms with van der Waals surface area (Å²) >= 11 is 0. The molecule has 1 saturated heterocycles. The molecule has 0 saturated carbocycles. The van der Waals surface area contributed by atoms with Crippen molar-refractivity contribution in [2.45, 2.75) is 65.5 Å². The summed E-state index contributed by atoms with van der Waals surface area (Å²) in [4.78, 5) is 19.1. The molecule has 5 nitrogen and oxygen atoms in total. The first-order chi connectivity index (χ1) is 15.0. The van der Waals surface area contributed by atoms with Crippen molar-refractivity contribution in [3.63, 3.8) is 0 Å². The smallest absolute Gasteiger partial charge is 0.220 e. The first-order valence-corrected chi connectivity index (χ1v) is 11.4.